The van der Waals surface area contributed by atoms with Gasteiger partial charge in [-0.3, -0.25) is 4.79 Å². The van der Waals surface area contributed by atoms with Crippen LogP contribution in [0.15, 0.2) is 20.9 Å². The van der Waals surface area contributed by atoms with Gasteiger partial charge in [0, 0.05) is 32.0 Å². The van der Waals surface area contributed by atoms with Crippen LogP contribution in [0, 0.1) is 12.3 Å². The summed E-state index contributed by atoms with van der Waals surface area (Å²) in [6, 6.07) is 0. The van der Waals surface area contributed by atoms with Crippen LogP contribution in [0.4, 0.5) is 0 Å². The number of pyridine rings is 1. The molecule has 0 saturated heterocycles. The summed E-state index contributed by atoms with van der Waals surface area (Å²) in [5.74, 6) is 2.81. The fourth-order valence-electron chi connectivity index (χ4n) is 2.14. The van der Waals surface area contributed by atoms with Gasteiger partial charge < -0.3 is 14.8 Å². The molecular weight excluding hydrogens is 364 g/mol. The Morgan fingerprint density at radius 1 is 1.39 bits per heavy atom. The van der Waals surface area contributed by atoms with E-state index >= 15 is 0 Å². The number of rotatable bonds is 8. The number of amides is 1. The van der Waals surface area contributed by atoms with Crippen LogP contribution < -0.4 is 14.8 Å². The van der Waals surface area contributed by atoms with Gasteiger partial charge in [0.05, 0.1) is 18.7 Å². The molecular formula is C15H17BrN4O3. The van der Waals surface area contributed by atoms with Gasteiger partial charge in [-0.25, -0.2) is 4.98 Å². The van der Waals surface area contributed by atoms with E-state index in [9.17, 15) is 4.79 Å². The molecule has 1 amide bonds. The lowest BCUT2D eigenvalue weighted by Gasteiger charge is -2.14. The minimum Gasteiger partial charge on any atom is -0.494 e. The van der Waals surface area contributed by atoms with E-state index in [0.717, 1.165) is 0 Å². The third-order valence-corrected chi connectivity index (χ3v) is 4.01. The van der Waals surface area contributed by atoms with Gasteiger partial charge in [-0.1, -0.05) is 0 Å². The summed E-state index contributed by atoms with van der Waals surface area (Å²) in [6.07, 6.45) is 8.68. The Labute approximate surface area is 143 Å². The molecule has 2 rings (SSSR count). The number of carbonyl (C=O) groups excluding carboxylic acids is 1. The van der Waals surface area contributed by atoms with Gasteiger partial charge in [-0.05, 0) is 15.9 Å². The molecule has 0 bridgehead atoms. The molecule has 7 nitrogen and oxygen atoms in total. The molecule has 1 aromatic rings. The number of terminal acetylenes is 1. The normalized spacial score (nSPS) is 14.0. The zero-order valence-electron chi connectivity index (χ0n) is 12.9. The Morgan fingerprint density at radius 3 is 2.70 bits per heavy atom. The quantitative estimate of drug-likeness (QED) is 0.702. The zero-order chi connectivity index (χ0) is 16.9. The maximum Gasteiger partial charge on any atom is 0.260 e. The Hall–Kier alpha value is -2.14. The molecule has 8 heteroatoms. The second kappa shape index (κ2) is 7.42. The van der Waals surface area contributed by atoms with Crippen LogP contribution in [0.25, 0.3) is 0 Å². The smallest absolute Gasteiger partial charge is 0.260 e. The molecule has 0 aliphatic carbocycles. The molecule has 1 aromatic heterocycles. The SMILES string of the molecule is C#CCCC1(CCNC(=O)c2c(OC)ncc(Br)c2OC)N=N1. The lowest BCUT2D eigenvalue weighted by Crippen LogP contribution is -2.29. The van der Waals surface area contributed by atoms with Crippen LogP contribution in [0.1, 0.15) is 29.6 Å². The molecule has 0 fully saturated rings. The summed E-state index contributed by atoms with van der Waals surface area (Å²) in [5, 5.41) is 10.9. The summed E-state index contributed by atoms with van der Waals surface area (Å²) in [7, 11) is 2.93. The van der Waals surface area contributed by atoms with Gasteiger partial charge >= 0.3 is 0 Å². The van der Waals surface area contributed by atoms with E-state index in [1.807, 2.05) is 0 Å². The van der Waals surface area contributed by atoms with Crippen molar-refractivity contribution in [2.24, 2.45) is 10.2 Å². The van der Waals surface area contributed by atoms with Gasteiger partial charge in [0.2, 0.25) is 5.88 Å². The first kappa shape index (κ1) is 17.2. The lowest BCUT2D eigenvalue weighted by atomic mass is 10.0. The van der Waals surface area contributed by atoms with Crippen molar-refractivity contribution < 1.29 is 14.3 Å². The molecule has 0 spiro atoms. The molecule has 23 heavy (non-hydrogen) atoms. The van der Waals surface area contributed by atoms with Crippen LogP contribution in [0.2, 0.25) is 0 Å². The first-order chi connectivity index (χ1) is 11.1. The first-order valence-electron chi connectivity index (χ1n) is 6.99. The van der Waals surface area contributed by atoms with Gasteiger partial charge in [-0.2, -0.15) is 10.2 Å². The third kappa shape index (κ3) is 3.99. The average Bonchev–Trinajstić information content (AvgIpc) is 3.32. The molecule has 0 unspecified atom stereocenters. The summed E-state index contributed by atoms with van der Waals surface area (Å²) in [6.45, 7) is 0.412. The summed E-state index contributed by atoms with van der Waals surface area (Å²) in [5.41, 5.74) is -0.185. The molecule has 0 atom stereocenters. The van der Waals surface area contributed by atoms with Crippen molar-refractivity contribution in [2.75, 3.05) is 20.8 Å². The predicted molar refractivity (Wildman–Crippen MR) is 87.6 cm³/mol. The van der Waals surface area contributed by atoms with Gasteiger partial charge in [0.15, 0.2) is 11.4 Å². The number of hydrogen-bond acceptors (Lipinski definition) is 6. The van der Waals surface area contributed by atoms with Crippen molar-refractivity contribution in [1.82, 2.24) is 10.3 Å². The zero-order valence-corrected chi connectivity index (χ0v) is 14.5. The topological polar surface area (TPSA) is 85.2 Å². The maximum atomic E-state index is 12.5. The molecule has 1 aliphatic heterocycles. The van der Waals surface area contributed by atoms with Crippen molar-refractivity contribution >= 4 is 21.8 Å². The number of hydrogen-bond donors (Lipinski definition) is 1. The Bertz CT molecular complexity index is 663. The van der Waals surface area contributed by atoms with Gasteiger partial charge in [-0.15, -0.1) is 12.3 Å². The lowest BCUT2D eigenvalue weighted by molar-refractivity contribution is 0.0944. The molecule has 1 aliphatic rings. The van der Waals surface area contributed by atoms with Crippen molar-refractivity contribution in [3.05, 3.63) is 16.2 Å². The minimum absolute atomic E-state index is 0.199. The van der Waals surface area contributed by atoms with Crippen LogP contribution >= 0.6 is 15.9 Å². The highest BCUT2D eigenvalue weighted by atomic mass is 79.9. The Kier molecular flexibility index (Phi) is 5.55. The molecule has 0 aromatic carbocycles. The highest BCUT2D eigenvalue weighted by molar-refractivity contribution is 9.10. The number of methoxy groups -OCH3 is 2. The summed E-state index contributed by atoms with van der Waals surface area (Å²) < 4.78 is 11.0. The molecule has 1 N–H and O–H groups in total. The van der Waals surface area contributed by atoms with Crippen LogP contribution in [0.5, 0.6) is 11.6 Å². The summed E-state index contributed by atoms with van der Waals surface area (Å²) >= 11 is 3.31. The predicted octanol–water partition coefficient (Wildman–Crippen LogP) is 2.56. The highest BCUT2D eigenvalue weighted by Crippen LogP contribution is 2.36. The Morgan fingerprint density at radius 2 is 2.13 bits per heavy atom. The second-order valence-corrected chi connectivity index (χ2v) is 5.77. The van der Waals surface area contributed by atoms with Crippen molar-refractivity contribution in [2.45, 2.75) is 24.9 Å². The fourth-order valence-corrected chi connectivity index (χ4v) is 2.60. The molecule has 2 heterocycles. The number of aromatic nitrogens is 1. The van der Waals surface area contributed by atoms with Crippen LogP contribution in [-0.4, -0.2) is 37.3 Å². The number of halogens is 1. The van der Waals surface area contributed by atoms with Crippen LogP contribution in [0.3, 0.4) is 0 Å². The van der Waals surface area contributed by atoms with E-state index in [1.165, 1.54) is 20.4 Å². The Balaban J connectivity index is 2.01. The van der Waals surface area contributed by atoms with Crippen molar-refractivity contribution in [1.29, 1.82) is 0 Å². The third-order valence-electron chi connectivity index (χ3n) is 3.44. The van der Waals surface area contributed by atoms with E-state index in [2.05, 4.69) is 42.4 Å². The second-order valence-electron chi connectivity index (χ2n) is 4.92. The first-order valence-corrected chi connectivity index (χ1v) is 7.78. The number of nitrogens with one attached hydrogen (secondary N) is 1. The monoisotopic (exact) mass is 380 g/mol. The molecule has 0 saturated carbocycles. The average molecular weight is 381 g/mol. The van der Waals surface area contributed by atoms with Gasteiger partial charge in [0.25, 0.3) is 5.91 Å². The fraction of sp³-hybridized carbons (Fsp3) is 0.467. The number of ether oxygens (including phenoxy) is 2. The van der Waals surface area contributed by atoms with E-state index in [4.69, 9.17) is 15.9 Å². The van der Waals surface area contributed by atoms with E-state index < -0.39 is 5.66 Å². The van der Waals surface area contributed by atoms with E-state index in [1.54, 1.807) is 0 Å². The van der Waals surface area contributed by atoms with Crippen LogP contribution in [-0.2, 0) is 0 Å². The van der Waals surface area contributed by atoms with Crippen molar-refractivity contribution in [3.8, 4) is 24.0 Å². The van der Waals surface area contributed by atoms with E-state index in [-0.39, 0.29) is 17.4 Å². The van der Waals surface area contributed by atoms with Gasteiger partial charge in [0.1, 0.15) is 5.56 Å². The summed E-state index contributed by atoms with van der Waals surface area (Å²) in [4.78, 5) is 16.5. The molecule has 122 valence electrons. The number of carbonyl (C=O) groups is 1. The standard InChI is InChI=1S/C15H17BrN4O3/c1-4-5-6-15(19-20-15)7-8-17-13(21)11-12(22-2)10(16)9-18-14(11)23-3/h1,9H,5-8H2,2-3H3,(H,17,21). The van der Waals surface area contributed by atoms with Crippen molar-refractivity contribution in [3.63, 3.8) is 0 Å². The largest absolute Gasteiger partial charge is 0.494 e. The maximum absolute atomic E-state index is 12.5. The highest BCUT2D eigenvalue weighted by Gasteiger charge is 2.38. The van der Waals surface area contributed by atoms with E-state index in [0.29, 0.717) is 36.0 Å². The molecule has 0 radical (unpaired) electrons. The number of nitrogens with zero attached hydrogens (tertiary/aromatic N) is 3. The minimum atomic E-state index is -0.427.